The number of hydrogen-bond acceptors (Lipinski definition) is 5. The second-order valence-corrected chi connectivity index (χ2v) is 7.15. The largest absolute Gasteiger partial charge is 0.477 e. The van der Waals surface area contributed by atoms with Gasteiger partial charge in [0.05, 0.1) is 12.3 Å². The number of carboxylic acids is 1. The zero-order chi connectivity index (χ0) is 16.2. The highest BCUT2D eigenvalue weighted by Gasteiger charge is 2.29. The molecule has 1 aromatic heterocycles. The molecule has 0 fully saturated rings. The summed E-state index contributed by atoms with van der Waals surface area (Å²) >= 11 is 1.26. The lowest BCUT2D eigenvalue weighted by atomic mass is 9.91. The molecule has 0 aliphatic heterocycles. The van der Waals surface area contributed by atoms with Gasteiger partial charge in [-0.1, -0.05) is 39.0 Å². The summed E-state index contributed by atoms with van der Waals surface area (Å²) in [6, 6.07) is 0.292. The van der Waals surface area contributed by atoms with Gasteiger partial charge >= 0.3 is 5.97 Å². The Morgan fingerprint density at radius 2 is 2.10 bits per heavy atom. The average molecular weight is 314 g/mol. The molecular weight excluding hydrogens is 288 g/mol. The molecule has 1 atom stereocenters. The second kappa shape index (κ2) is 7.22. The van der Waals surface area contributed by atoms with Crippen LogP contribution in [0.4, 0.5) is 5.13 Å². The number of anilines is 1. The van der Waals surface area contributed by atoms with E-state index >= 15 is 0 Å². The van der Waals surface area contributed by atoms with Crippen LogP contribution in [0.2, 0.25) is 0 Å². The summed E-state index contributed by atoms with van der Waals surface area (Å²) in [6.45, 7) is 11.5. The van der Waals surface area contributed by atoms with Crippen molar-refractivity contribution in [3.8, 4) is 0 Å². The second-order valence-electron chi connectivity index (χ2n) is 6.17. The molecule has 0 radical (unpaired) electrons. The molecule has 5 nitrogen and oxygen atoms in total. The fourth-order valence-electron chi connectivity index (χ4n) is 2.00. The number of ether oxygens (including phenoxy) is 1. The van der Waals surface area contributed by atoms with Gasteiger partial charge in [-0.3, -0.25) is 0 Å². The molecule has 120 valence electrons. The van der Waals surface area contributed by atoms with Gasteiger partial charge in [0.1, 0.15) is 4.88 Å². The number of nitrogens with zero attached hydrogens (tertiary/aromatic N) is 2. The van der Waals surface area contributed by atoms with E-state index in [0.29, 0.717) is 29.8 Å². The maximum Gasteiger partial charge on any atom is 0.347 e. The van der Waals surface area contributed by atoms with Crippen molar-refractivity contribution in [3.63, 3.8) is 0 Å². The molecular formula is C15H26N2O3S. The lowest BCUT2D eigenvalue weighted by Crippen LogP contribution is -2.35. The van der Waals surface area contributed by atoms with Crippen molar-refractivity contribution >= 4 is 22.4 Å². The Hall–Kier alpha value is -1.14. The van der Waals surface area contributed by atoms with E-state index in [2.05, 4.69) is 23.7 Å². The normalized spacial score (nSPS) is 13.2. The lowest BCUT2D eigenvalue weighted by Gasteiger charge is -2.28. The van der Waals surface area contributed by atoms with Gasteiger partial charge in [-0.15, -0.1) is 0 Å². The molecule has 6 heteroatoms. The molecule has 0 saturated carbocycles. The van der Waals surface area contributed by atoms with E-state index in [4.69, 9.17) is 4.74 Å². The first kappa shape index (κ1) is 17.9. The van der Waals surface area contributed by atoms with Crippen LogP contribution in [0.25, 0.3) is 0 Å². The molecule has 0 bridgehead atoms. The van der Waals surface area contributed by atoms with Crippen LogP contribution in [0.15, 0.2) is 0 Å². The van der Waals surface area contributed by atoms with Crippen molar-refractivity contribution in [2.45, 2.75) is 52.5 Å². The molecule has 0 saturated heterocycles. The topological polar surface area (TPSA) is 62.7 Å². The summed E-state index contributed by atoms with van der Waals surface area (Å²) in [5, 5.41) is 10.2. The molecule has 0 aromatic carbocycles. The third-order valence-corrected chi connectivity index (χ3v) is 4.51. The third kappa shape index (κ3) is 4.41. The number of aromatic carboxylic acids is 1. The Morgan fingerprint density at radius 1 is 1.48 bits per heavy atom. The van der Waals surface area contributed by atoms with Gasteiger partial charge in [0.25, 0.3) is 0 Å². The Bertz CT molecular complexity index is 480. The van der Waals surface area contributed by atoms with Crippen molar-refractivity contribution < 1.29 is 14.6 Å². The van der Waals surface area contributed by atoms with Crippen molar-refractivity contribution in [2.75, 3.05) is 25.2 Å². The monoisotopic (exact) mass is 314 g/mol. The van der Waals surface area contributed by atoms with Gasteiger partial charge in [0.2, 0.25) is 0 Å². The fraction of sp³-hybridized carbons (Fsp3) is 0.733. The maximum atomic E-state index is 11.5. The maximum absolute atomic E-state index is 11.5. The number of hydrogen-bond donors (Lipinski definition) is 1. The first-order valence-corrected chi connectivity index (χ1v) is 8.04. The van der Waals surface area contributed by atoms with E-state index < -0.39 is 5.97 Å². The van der Waals surface area contributed by atoms with Crippen LogP contribution in [-0.2, 0) is 10.2 Å². The standard InChI is InChI=1S/C15H26N2O3S/c1-7-10(2)17(8-9-20-6)14-16-12(15(3,4)5)11(21-14)13(18)19/h10H,7-9H2,1-6H3,(H,18,19). The van der Waals surface area contributed by atoms with E-state index in [1.165, 1.54) is 11.3 Å². The highest BCUT2D eigenvalue weighted by Crippen LogP contribution is 2.34. The molecule has 1 aromatic rings. The lowest BCUT2D eigenvalue weighted by molar-refractivity contribution is 0.0699. The van der Waals surface area contributed by atoms with Crippen LogP contribution in [0, 0.1) is 0 Å². The predicted molar refractivity (Wildman–Crippen MR) is 86.7 cm³/mol. The Balaban J connectivity index is 3.23. The summed E-state index contributed by atoms with van der Waals surface area (Å²) in [7, 11) is 1.67. The number of carboxylic acid groups (broad SMARTS) is 1. The SMILES string of the molecule is CCC(C)N(CCOC)c1nc(C(C)(C)C)c(C(=O)O)s1. The van der Waals surface area contributed by atoms with Crippen molar-refractivity contribution in [3.05, 3.63) is 10.6 Å². The van der Waals surface area contributed by atoms with Gasteiger partial charge in [0.15, 0.2) is 5.13 Å². The van der Waals surface area contributed by atoms with Crippen LogP contribution in [0.3, 0.4) is 0 Å². The van der Waals surface area contributed by atoms with Gasteiger partial charge in [0, 0.05) is 25.1 Å². The smallest absolute Gasteiger partial charge is 0.347 e. The fourth-order valence-corrected chi connectivity index (χ4v) is 3.24. The molecule has 21 heavy (non-hydrogen) atoms. The van der Waals surface area contributed by atoms with E-state index in [0.717, 1.165) is 11.6 Å². The van der Waals surface area contributed by atoms with Crippen LogP contribution in [-0.4, -0.2) is 42.4 Å². The van der Waals surface area contributed by atoms with E-state index in [1.54, 1.807) is 7.11 Å². The molecule has 0 amide bonds. The Kier molecular flexibility index (Phi) is 6.16. The molecule has 1 N–H and O–H groups in total. The summed E-state index contributed by atoms with van der Waals surface area (Å²) in [6.07, 6.45) is 0.969. The highest BCUT2D eigenvalue weighted by molar-refractivity contribution is 7.17. The number of carbonyl (C=O) groups is 1. The number of aromatic nitrogens is 1. The first-order chi connectivity index (χ1) is 9.72. The predicted octanol–water partition coefficient (Wildman–Crippen LogP) is 3.39. The van der Waals surface area contributed by atoms with Crippen molar-refractivity contribution in [1.82, 2.24) is 4.98 Å². The third-order valence-electron chi connectivity index (χ3n) is 3.43. The van der Waals surface area contributed by atoms with Crippen LogP contribution in [0.1, 0.15) is 56.4 Å². The number of rotatable bonds is 7. The van der Waals surface area contributed by atoms with Crippen LogP contribution < -0.4 is 4.90 Å². The van der Waals surface area contributed by atoms with Gasteiger partial charge < -0.3 is 14.7 Å². The van der Waals surface area contributed by atoms with E-state index in [-0.39, 0.29) is 5.41 Å². The minimum absolute atomic E-state index is 0.287. The quantitative estimate of drug-likeness (QED) is 0.836. The molecule has 0 aliphatic rings. The van der Waals surface area contributed by atoms with Crippen molar-refractivity contribution in [1.29, 1.82) is 0 Å². The minimum Gasteiger partial charge on any atom is -0.477 e. The molecule has 1 rings (SSSR count). The zero-order valence-corrected chi connectivity index (χ0v) is 14.6. The van der Waals surface area contributed by atoms with Gasteiger partial charge in [-0.2, -0.15) is 0 Å². The number of methoxy groups -OCH3 is 1. The Morgan fingerprint density at radius 3 is 2.48 bits per heavy atom. The zero-order valence-electron chi connectivity index (χ0n) is 13.8. The van der Waals surface area contributed by atoms with Gasteiger partial charge in [-0.25, -0.2) is 9.78 Å². The Labute approximate surface area is 130 Å². The molecule has 0 aliphatic carbocycles. The molecule has 0 spiro atoms. The van der Waals surface area contributed by atoms with Crippen LogP contribution in [0.5, 0.6) is 0 Å². The summed E-state index contributed by atoms with van der Waals surface area (Å²) in [4.78, 5) is 18.6. The highest BCUT2D eigenvalue weighted by atomic mass is 32.1. The minimum atomic E-state index is -0.903. The average Bonchev–Trinajstić information content (AvgIpc) is 2.84. The summed E-state index contributed by atoms with van der Waals surface area (Å²) in [5.41, 5.74) is 0.367. The number of thiazole rings is 1. The summed E-state index contributed by atoms with van der Waals surface area (Å²) in [5.74, 6) is -0.903. The van der Waals surface area contributed by atoms with E-state index in [9.17, 15) is 9.90 Å². The summed E-state index contributed by atoms with van der Waals surface area (Å²) < 4.78 is 5.16. The first-order valence-electron chi connectivity index (χ1n) is 7.22. The van der Waals surface area contributed by atoms with E-state index in [1.807, 2.05) is 20.8 Å². The van der Waals surface area contributed by atoms with Gasteiger partial charge in [-0.05, 0) is 13.3 Å². The molecule has 1 heterocycles. The van der Waals surface area contributed by atoms with Crippen molar-refractivity contribution in [2.24, 2.45) is 0 Å². The van der Waals surface area contributed by atoms with Crippen LogP contribution >= 0.6 is 11.3 Å². The molecule has 1 unspecified atom stereocenters.